The van der Waals surface area contributed by atoms with Crippen molar-refractivity contribution >= 4 is 22.5 Å². The minimum atomic E-state index is 0.228. The summed E-state index contributed by atoms with van der Waals surface area (Å²) in [6.45, 7) is 6.64. The topological polar surface area (TPSA) is 65.9 Å². The van der Waals surface area contributed by atoms with Crippen LogP contribution in [-0.4, -0.2) is 70.9 Å². The number of ether oxygens (including phenoxy) is 1. The molecule has 1 fully saturated rings. The number of likely N-dealkylation sites (tertiary alicyclic amines) is 1. The number of hydrogen-bond acceptors (Lipinski definition) is 4. The van der Waals surface area contributed by atoms with Gasteiger partial charge in [0.25, 0.3) is 0 Å². The lowest BCUT2D eigenvalue weighted by Gasteiger charge is -2.33. The Morgan fingerprint density at radius 1 is 1.20 bits per heavy atom. The first kappa shape index (κ1) is 23.4. The van der Waals surface area contributed by atoms with Crippen molar-refractivity contribution in [1.29, 1.82) is 0 Å². The molecule has 3 aromatic heterocycles. The van der Waals surface area contributed by atoms with Crippen molar-refractivity contribution in [3.63, 3.8) is 0 Å². The van der Waals surface area contributed by atoms with Crippen molar-refractivity contribution in [2.45, 2.75) is 38.5 Å². The SMILES string of the molecule is COc1cc(-c2[nH]c3ccc(C4CCN(C(=O)CN(C)C)CC4)cc3c2C(C)C)cc2nccn12. The Morgan fingerprint density at radius 3 is 2.66 bits per heavy atom. The van der Waals surface area contributed by atoms with Gasteiger partial charge in [-0.1, -0.05) is 19.9 Å². The molecule has 7 nitrogen and oxygen atoms in total. The number of carbonyl (C=O) groups is 1. The molecule has 4 aromatic rings. The number of methoxy groups -OCH3 is 1. The molecule has 1 aromatic carbocycles. The highest BCUT2D eigenvalue weighted by Gasteiger charge is 2.25. The second-order valence-corrected chi connectivity index (χ2v) is 10.2. The molecule has 4 heterocycles. The van der Waals surface area contributed by atoms with Crippen LogP contribution in [0.3, 0.4) is 0 Å². The van der Waals surface area contributed by atoms with Gasteiger partial charge in [-0.3, -0.25) is 9.20 Å². The molecule has 5 rings (SSSR count). The number of amides is 1. The summed E-state index contributed by atoms with van der Waals surface area (Å²) in [7, 11) is 5.58. The number of rotatable bonds is 6. The number of benzene rings is 1. The zero-order valence-electron chi connectivity index (χ0n) is 21.3. The summed E-state index contributed by atoms with van der Waals surface area (Å²) in [5.74, 6) is 1.81. The third-order valence-corrected chi connectivity index (χ3v) is 7.18. The number of likely N-dealkylation sites (N-methyl/N-ethyl adjacent to an activating group) is 1. The number of nitrogens with zero attached hydrogens (tertiary/aromatic N) is 4. The fourth-order valence-electron chi connectivity index (χ4n) is 5.44. The number of pyridine rings is 1. The number of aromatic amines is 1. The summed E-state index contributed by atoms with van der Waals surface area (Å²) in [6.07, 6.45) is 5.72. The van der Waals surface area contributed by atoms with E-state index in [-0.39, 0.29) is 5.91 Å². The zero-order valence-corrected chi connectivity index (χ0v) is 21.3. The van der Waals surface area contributed by atoms with Gasteiger partial charge in [-0.05, 0) is 68.1 Å². The van der Waals surface area contributed by atoms with E-state index < -0.39 is 0 Å². The first-order valence-corrected chi connectivity index (χ1v) is 12.4. The maximum atomic E-state index is 12.5. The van der Waals surface area contributed by atoms with E-state index in [1.54, 1.807) is 13.3 Å². The van der Waals surface area contributed by atoms with Gasteiger partial charge in [0.1, 0.15) is 5.65 Å². The number of imidazole rings is 1. The Bertz CT molecular complexity index is 1360. The lowest BCUT2D eigenvalue weighted by Crippen LogP contribution is -2.42. The molecular weight excluding hydrogens is 438 g/mol. The van der Waals surface area contributed by atoms with Gasteiger partial charge in [-0.2, -0.15) is 0 Å². The number of H-pyrrole nitrogens is 1. The smallest absolute Gasteiger partial charge is 0.236 e. The molecule has 0 saturated carbocycles. The maximum absolute atomic E-state index is 12.5. The number of nitrogens with one attached hydrogen (secondary N) is 1. The van der Waals surface area contributed by atoms with Crippen LogP contribution in [0.2, 0.25) is 0 Å². The van der Waals surface area contributed by atoms with Gasteiger partial charge in [-0.15, -0.1) is 0 Å². The summed E-state index contributed by atoms with van der Waals surface area (Å²) >= 11 is 0. The lowest BCUT2D eigenvalue weighted by atomic mass is 9.87. The molecule has 1 aliphatic rings. The van der Waals surface area contributed by atoms with Crippen molar-refractivity contribution in [3.05, 3.63) is 53.9 Å². The van der Waals surface area contributed by atoms with Crippen molar-refractivity contribution in [2.24, 2.45) is 0 Å². The van der Waals surface area contributed by atoms with Crippen LogP contribution in [0.1, 0.15) is 49.7 Å². The molecule has 35 heavy (non-hydrogen) atoms. The van der Waals surface area contributed by atoms with E-state index in [2.05, 4.69) is 54.1 Å². The Kier molecular flexibility index (Phi) is 6.28. The Morgan fingerprint density at radius 2 is 1.97 bits per heavy atom. The summed E-state index contributed by atoms with van der Waals surface area (Å²) in [6, 6.07) is 11.0. The fourth-order valence-corrected chi connectivity index (χ4v) is 5.44. The second-order valence-electron chi connectivity index (χ2n) is 10.2. The van der Waals surface area contributed by atoms with Crippen LogP contribution >= 0.6 is 0 Å². The number of aromatic nitrogens is 3. The highest BCUT2D eigenvalue weighted by atomic mass is 16.5. The quantitative estimate of drug-likeness (QED) is 0.433. The maximum Gasteiger partial charge on any atom is 0.236 e. The van der Waals surface area contributed by atoms with Crippen LogP contribution in [0.5, 0.6) is 5.88 Å². The van der Waals surface area contributed by atoms with Crippen molar-refractivity contribution in [1.82, 2.24) is 24.2 Å². The zero-order chi connectivity index (χ0) is 24.7. The van der Waals surface area contributed by atoms with Crippen LogP contribution in [0.4, 0.5) is 0 Å². The van der Waals surface area contributed by atoms with Gasteiger partial charge in [0.2, 0.25) is 5.91 Å². The molecule has 0 unspecified atom stereocenters. The highest BCUT2D eigenvalue weighted by molar-refractivity contribution is 5.92. The van der Waals surface area contributed by atoms with Crippen LogP contribution in [0.25, 0.3) is 27.8 Å². The number of carbonyl (C=O) groups excluding carboxylic acids is 1. The summed E-state index contributed by atoms with van der Waals surface area (Å²) < 4.78 is 7.60. The average Bonchev–Trinajstić information content (AvgIpc) is 3.47. The Balaban J connectivity index is 1.48. The van der Waals surface area contributed by atoms with Crippen LogP contribution in [0.15, 0.2) is 42.7 Å². The van der Waals surface area contributed by atoms with Gasteiger partial charge in [-0.25, -0.2) is 4.98 Å². The van der Waals surface area contributed by atoms with E-state index >= 15 is 0 Å². The van der Waals surface area contributed by atoms with Crippen molar-refractivity contribution < 1.29 is 9.53 Å². The van der Waals surface area contributed by atoms with E-state index in [0.717, 1.165) is 54.2 Å². The normalized spacial score (nSPS) is 15.1. The monoisotopic (exact) mass is 473 g/mol. The first-order chi connectivity index (χ1) is 16.9. The van der Waals surface area contributed by atoms with Gasteiger partial charge in [0.15, 0.2) is 5.88 Å². The molecule has 1 N–H and O–H groups in total. The van der Waals surface area contributed by atoms with Crippen LogP contribution < -0.4 is 4.74 Å². The summed E-state index contributed by atoms with van der Waals surface area (Å²) in [5, 5.41) is 1.28. The molecular formula is C28H35N5O2. The van der Waals surface area contributed by atoms with E-state index in [4.69, 9.17) is 4.74 Å². The summed E-state index contributed by atoms with van der Waals surface area (Å²) in [4.78, 5) is 24.6. The van der Waals surface area contributed by atoms with Gasteiger partial charge >= 0.3 is 0 Å². The van der Waals surface area contributed by atoms with Gasteiger partial charge < -0.3 is 19.5 Å². The van der Waals surface area contributed by atoms with E-state index in [0.29, 0.717) is 18.4 Å². The minimum Gasteiger partial charge on any atom is -0.482 e. The first-order valence-electron chi connectivity index (χ1n) is 12.4. The molecule has 0 spiro atoms. The van der Waals surface area contributed by atoms with Crippen LogP contribution in [0, 0.1) is 0 Å². The molecule has 0 aliphatic carbocycles. The van der Waals surface area contributed by atoms with Gasteiger partial charge in [0, 0.05) is 48.0 Å². The molecule has 1 saturated heterocycles. The third kappa shape index (κ3) is 4.41. The molecule has 0 radical (unpaired) electrons. The Labute approximate surface area is 206 Å². The second kappa shape index (κ2) is 9.38. The number of piperidine rings is 1. The molecule has 1 aliphatic heterocycles. The molecule has 0 bridgehead atoms. The van der Waals surface area contributed by atoms with Gasteiger partial charge in [0.05, 0.1) is 19.3 Å². The fraction of sp³-hybridized carbons (Fsp3) is 0.429. The van der Waals surface area contributed by atoms with E-state index in [9.17, 15) is 4.79 Å². The van der Waals surface area contributed by atoms with Crippen molar-refractivity contribution in [3.8, 4) is 17.1 Å². The predicted octanol–water partition coefficient (Wildman–Crippen LogP) is 4.88. The largest absolute Gasteiger partial charge is 0.482 e. The van der Waals surface area contributed by atoms with Crippen molar-refractivity contribution in [2.75, 3.05) is 40.8 Å². The predicted molar refractivity (Wildman–Crippen MR) is 140 cm³/mol. The summed E-state index contributed by atoms with van der Waals surface area (Å²) in [5.41, 5.74) is 6.90. The highest BCUT2D eigenvalue weighted by Crippen LogP contribution is 2.39. The van der Waals surface area contributed by atoms with E-state index in [1.165, 1.54) is 16.5 Å². The number of fused-ring (bicyclic) bond motifs is 2. The molecule has 1 amide bonds. The molecule has 0 atom stereocenters. The molecule has 184 valence electrons. The minimum absolute atomic E-state index is 0.228. The number of hydrogen-bond donors (Lipinski definition) is 1. The standard InChI is InChI=1S/C28H35N5O2/c1-18(2)27-22-14-20(19-8-11-32(12-9-19)25(34)17-31(3)4)6-7-23(22)30-28(27)21-15-24-29-10-13-33(24)26(16-21)35-5/h6-7,10,13-16,18-19,30H,8-9,11-12,17H2,1-5H3. The third-order valence-electron chi connectivity index (χ3n) is 7.18. The lowest BCUT2D eigenvalue weighted by molar-refractivity contribution is -0.132. The van der Waals surface area contributed by atoms with E-state index in [1.807, 2.05) is 34.5 Å². The molecule has 7 heteroatoms. The van der Waals surface area contributed by atoms with Crippen LogP contribution in [-0.2, 0) is 4.79 Å². The Hall–Kier alpha value is -3.32. The average molecular weight is 474 g/mol.